The van der Waals surface area contributed by atoms with Crippen LogP contribution in [0.4, 0.5) is 5.13 Å². The molecule has 2 aromatic heterocycles. The molecule has 0 saturated carbocycles. The summed E-state index contributed by atoms with van der Waals surface area (Å²) in [6.07, 6.45) is 1.71. The molecule has 0 spiro atoms. The molecule has 2 heterocycles. The number of aromatic nitrogens is 2. The number of pyridine rings is 1. The molecular weight excluding hydrogens is 348 g/mol. The predicted octanol–water partition coefficient (Wildman–Crippen LogP) is 3.36. The molecule has 0 aliphatic heterocycles. The SMILES string of the molecule is CC(=O)Nc1nc(C(=O)N(C)C(c2ccccc2)c2ccccn2)cs1. The molecular formula is C19H18N4O2S. The molecule has 6 nitrogen and oxygen atoms in total. The lowest BCUT2D eigenvalue weighted by molar-refractivity contribution is -0.114. The van der Waals surface area contributed by atoms with Crippen molar-refractivity contribution in [1.82, 2.24) is 14.9 Å². The standard InChI is InChI=1S/C19H18N4O2S/c1-13(24)21-19-22-16(12-26-19)18(25)23(2)17(14-8-4-3-5-9-14)15-10-6-7-11-20-15/h3-12,17H,1-2H3,(H,21,22,24). The molecule has 0 fully saturated rings. The van der Waals surface area contributed by atoms with Crippen molar-refractivity contribution in [2.45, 2.75) is 13.0 Å². The summed E-state index contributed by atoms with van der Waals surface area (Å²) in [5.74, 6) is -0.459. The molecule has 3 rings (SSSR count). The third kappa shape index (κ3) is 3.94. The Morgan fingerprint density at radius 3 is 2.50 bits per heavy atom. The van der Waals surface area contributed by atoms with Gasteiger partial charge in [0.2, 0.25) is 5.91 Å². The quantitative estimate of drug-likeness (QED) is 0.751. The third-order valence-corrected chi connectivity index (χ3v) is 4.55. The van der Waals surface area contributed by atoms with Gasteiger partial charge in [-0.3, -0.25) is 14.6 Å². The number of amides is 2. The van der Waals surface area contributed by atoms with E-state index in [1.165, 1.54) is 18.3 Å². The lowest BCUT2D eigenvalue weighted by atomic mass is 10.0. The minimum absolute atomic E-state index is 0.220. The van der Waals surface area contributed by atoms with Crippen LogP contribution in [0, 0.1) is 0 Å². The average Bonchev–Trinajstić information content (AvgIpc) is 3.10. The predicted molar refractivity (Wildman–Crippen MR) is 101 cm³/mol. The molecule has 0 aliphatic carbocycles. The second-order valence-electron chi connectivity index (χ2n) is 5.70. The van der Waals surface area contributed by atoms with Crippen LogP contribution in [-0.4, -0.2) is 33.7 Å². The summed E-state index contributed by atoms with van der Waals surface area (Å²) in [5, 5.41) is 4.65. The Bertz CT molecular complexity index is 857. The van der Waals surface area contributed by atoms with Gasteiger partial charge in [0.05, 0.1) is 11.7 Å². The van der Waals surface area contributed by atoms with Crippen molar-refractivity contribution in [2.75, 3.05) is 12.4 Å². The van der Waals surface area contributed by atoms with E-state index in [0.29, 0.717) is 5.13 Å². The van der Waals surface area contributed by atoms with Gasteiger partial charge in [0.15, 0.2) is 5.13 Å². The van der Waals surface area contributed by atoms with E-state index in [0.717, 1.165) is 11.3 Å². The summed E-state index contributed by atoms with van der Waals surface area (Å²) in [6.45, 7) is 1.40. The molecule has 1 atom stereocenters. The van der Waals surface area contributed by atoms with E-state index in [4.69, 9.17) is 0 Å². The van der Waals surface area contributed by atoms with E-state index >= 15 is 0 Å². The van der Waals surface area contributed by atoms with Gasteiger partial charge in [0.1, 0.15) is 5.69 Å². The minimum atomic E-state index is -0.337. The number of nitrogens with zero attached hydrogens (tertiary/aromatic N) is 3. The maximum absolute atomic E-state index is 13.0. The first-order chi connectivity index (χ1) is 12.6. The summed E-state index contributed by atoms with van der Waals surface area (Å²) >= 11 is 1.22. The monoisotopic (exact) mass is 366 g/mol. The van der Waals surface area contributed by atoms with Crippen LogP contribution < -0.4 is 5.32 Å². The van der Waals surface area contributed by atoms with E-state index < -0.39 is 0 Å². The van der Waals surface area contributed by atoms with E-state index in [2.05, 4.69) is 15.3 Å². The van der Waals surface area contributed by atoms with E-state index in [1.54, 1.807) is 23.5 Å². The number of hydrogen-bond donors (Lipinski definition) is 1. The third-order valence-electron chi connectivity index (χ3n) is 3.80. The van der Waals surface area contributed by atoms with Crippen molar-refractivity contribution in [2.24, 2.45) is 0 Å². The topological polar surface area (TPSA) is 75.2 Å². The van der Waals surface area contributed by atoms with Gasteiger partial charge < -0.3 is 10.2 Å². The fraction of sp³-hybridized carbons (Fsp3) is 0.158. The fourth-order valence-electron chi connectivity index (χ4n) is 2.64. The first-order valence-corrected chi connectivity index (χ1v) is 8.90. The molecule has 0 saturated heterocycles. The molecule has 7 heteroatoms. The molecule has 26 heavy (non-hydrogen) atoms. The number of thiazole rings is 1. The summed E-state index contributed by atoms with van der Waals surface area (Å²) in [7, 11) is 1.73. The van der Waals surface area contributed by atoms with Gasteiger partial charge in [-0.1, -0.05) is 36.4 Å². The van der Waals surface area contributed by atoms with Crippen LogP contribution >= 0.6 is 11.3 Å². The van der Waals surface area contributed by atoms with Crippen LogP contribution in [0.1, 0.15) is 34.7 Å². The summed E-state index contributed by atoms with van der Waals surface area (Å²) in [4.78, 5) is 34.4. The van der Waals surface area contributed by atoms with Gasteiger partial charge in [0.25, 0.3) is 5.91 Å². The minimum Gasteiger partial charge on any atom is -0.328 e. The molecule has 1 N–H and O–H groups in total. The van der Waals surface area contributed by atoms with Crippen LogP contribution in [0.2, 0.25) is 0 Å². The van der Waals surface area contributed by atoms with Crippen LogP contribution in [0.5, 0.6) is 0 Å². The van der Waals surface area contributed by atoms with E-state index in [9.17, 15) is 9.59 Å². The Balaban J connectivity index is 1.92. The van der Waals surface area contributed by atoms with Gasteiger partial charge in [-0.15, -0.1) is 11.3 Å². The van der Waals surface area contributed by atoms with Crippen molar-refractivity contribution >= 4 is 28.3 Å². The number of hydrogen-bond acceptors (Lipinski definition) is 5. The highest BCUT2D eigenvalue weighted by molar-refractivity contribution is 7.14. The van der Waals surface area contributed by atoms with Gasteiger partial charge in [0, 0.05) is 25.5 Å². The van der Waals surface area contributed by atoms with Gasteiger partial charge >= 0.3 is 0 Å². The Kier molecular flexibility index (Phi) is 5.38. The number of anilines is 1. The van der Waals surface area contributed by atoms with Crippen LogP contribution in [0.3, 0.4) is 0 Å². The van der Waals surface area contributed by atoms with Crippen molar-refractivity contribution < 1.29 is 9.59 Å². The Morgan fingerprint density at radius 1 is 1.12 bits per heavy atom. The second-order valence-corrected chi connectivity index (χ2v) is 6.56. The van der Waals surface area contributed by atoms with Crippen molar-refractivity contribution in [3.8, 4) is 0 Å². The number of carbonyl (C=O) groups is 2. The highest BCUT2D eigenvalue weighted by Gasteiger charge is 2.26. The molecule has 132 valence electrons. The van der Waals surface area contributed by atoms with Crippen molar-refractivity contribution in [3.63, 3.8) is 0 Å². The maximum Gasteiger partial charge on any atom is 0.273 e. The number of nitrogens with one attached hydrogen (secondary N) is 1. The molecule has 0 radical (unpaired) electrons. The smallest absolute Gasteiger partial charge is 0.273 e. The molecule has 0 bridgehead atoms. The largest absolute Gasteiger partial charge is 0.328 e. The number of benzene rings is 1. The first-order valence-electron chi connectivity index (χ1n) is 8.02. The molecule has 3 aromatic rings. The summed E-state index contributed by atoms with van der Waals surface area (Å²) in [6, 6.07) is 15.0. The molecule has 0 aliphatic rings. The zero-order chi connectivity index (χ0) is 18.5. The Hall–Kier alpha value is -3.06. The Morgan fingerprint density at radius 2 is 1.85 bits per heavy atom. The number of rotatable bonds is 5. The highest BCUT2D eigenvalue weighted by atomic mass is 32.1. The molecule has 1 unspecified atom stereocenters. The highest BCUT2D eigenvalue weighted by Crippen LogP contribution is 2.28. The normalized spacial score (nSPS) is 11.6. The Labute approximate surface area is 155 Å². The molecule has 2 amide bonds. The van der Waals surface area contributed by atoms with Gasteiger partial charge in [-0.05, 0) is 17.7 Å². The second kappa shape index (κ2) is 7.88. The summed E-state index contributed by atoms with van der Waals surface area (Å²) < 4.78 is 0. The average molecular weight is 366 g/mol. The number of carbonyl (C=O) groups excluding carboxylic acids is 2. The molecule has 1 aromatic carbocycles. The lowest BCUT2D eigenvalue weighted by Crippen LogP contribution is -2.32. The lowest BCUT2D eigenvalue weighted by Gasteiger charge is -2.27. The first kappa shape index (κ1) is 17.8. The fourth-order valence-corrected chi connectivity index (χ4v) is 3.37. The zero-order valence-electron chi connectivity index (χ0n) is 14.4. The van der Waals surface area contributed by atoms with E-state index in [-0.39, 0.29) is 23.6 Å². The van der Waals surface area contributed by atoms with Crippen LogP contribution in [-0.2, 0) is 4.79 Å². The summed E-state index contributed by atoms with van der Waals surface area (Å²) in [5.41, 5.74) is 2.02. The van der Waals surface area contributed by atoms with Crippen LogP contribution in [0.15, 0.2) is 60.1 Å². The van der Waals surface area contributed by atoms with Crippen molar-refractivity contribution in [3.05, 3.63) is 77.1 Å². The maximum atomic E-state index is 13.0. The van der Waals surface area contributed by atoms with Crippen LogP contribution in [0.25, 0.3) is 0 Å². The zero-order valence-corrected chi connectivity index (χ0v) is 15.2. The van der Waals surface area contributed by atoms with Crippen molar-refractivity contribution in [1.29, 1.82) is 0 Å². The van der Waals surface area contributed by atoms with Gasteiger partial charge in [-0.2, -0.15) is 0 Å². The van der Waals surface area contributed by atoms with E-state index in [1.807, 2.05) is 48.5 Å². The van der Waals surface area contributed by atoms with Gasteiger partial charge in [-0.25, -0.2) is 4.98 Å².